The van der Waals surface area contributed by atoms with Crippen LogP contribution < -0.4 is 0 Å². The van der Waals surface area contributed by atoms with Gasteiger partial charge >= 0.3 is 0 Å². The van der Waals surface area contributed by atoms with E-state index in [2.05, 4.69) is 145 Å². The van der Waals surface area contributed by atoms with Crippen LogP contribution in [0.25, 0.3) is 109 Å². The fraction of sp³-hybridized carbons (Fsp3) is 0. The Balaban J connectivity index is 1.31. The monoisotopic (exact) mass is 606 g/mol. The Morgan fingerprint density at radius 1 is 0.333 bits per heavy atom. The van der Waals surface area contributed by atoms with E-state index in [1.807, 2.05) is 18.5 Å². The SMILES string of the molecule is c1ccc(-c2c3c4c(cccc4c4cc(-c5cnc6c(ccc7cccnc76)c5)c5ccccc5c24)-c2cc4ccccc4cc2-3)cc1. The summed E-state index contributed by atoms with van der Waals surface area (Å²) in [5, 5.41) is 12.4. The van der Waals surface area contributed by atoms with Crippen LogP contribution >= 0.6 is 0 Å². The van der Waals surface area contributed by atoms with Crippen LogP contribution in [0, 0.1) is 0 Å². The molecule has 8 aromatic carbocycles. The lowest BCUT2D eigenvalue weighted by Crippen LogP contribution is -1.93. The minimum atomic E-state index is 0.934. The molecule has 0 saturated heterocycles. The highest BCUT2D eigenvalue weighted by Gasteiger charge is 2.29. The summed E-state index contributed by atoms with van der Waals surface area (Å²) >= 11 is 0. The topological polar surface area (TPSA) is 25.8 Å². The second kappa shape index (κ2) is 9.57. The van der Waals surface area contributed by atoms with Gasteiger partial charge in [0.2, 0.25) is 0 Å². The average Bonchev–Trinajstić information content (AvgIpc) is 3.47. The number of rotatable bonds is 2. The molecule has 2 nitrogen and oxygen atoms in total. The lowest BCUT2D eigenvalue weighted by Gasteiger charge is -2.20. The number of fused-ring (bicyclic) bond motifs is 11. The summed E-state index contributed by atoms with van der Waals surface area (Å²) in [6, 6.07) is 53.4. The van der Waals surface area contributed by atoms with Gasteiger partial charge in [0.15, 0.2) is 0 Å². The molecule has 0 aliphatic heterocycles. The van der Waals surface area contributed by atoms with Crippen LogP contribution in [0.2, 0.25) is 0 Å². The molecule has 0 saturated carbocycles. The van der Waals surface area contributed by atoms with Gasteiger partial charge in [0.1, 0.15) is 0 Å². The maximum Gasteiger partial charge on any atom is 0.0964 e. The van der Waals surface area contributed by atoms with Crippen LogP contribution in [0.15, 0.2) is 158 Å². The number of hydrogen-bond donors (Lipinski definition) is 0. The van der Waals surface area contributed by atoms with Gasteiger partial charge in [-0.15, -0.1) is 0 Å². The summed E-state index contributed by atoms with van der Waals surface area (Å²) in [4.78, 5) is 9.70. The van der Waals surface area contributed by atoms with Crippen molar-refractivity contribution < 1.29 is 0 Å². The fourth-order valence-corrected chi connectivity index (χ4v) is 8.33. The molecule has 2 aromatic heterocycles. The second-order valence-electron chi connectivity index (χ2n) is 12.9. The standard InChI is InChI=1S/C46H26N2/c1-2-10-27(11-3-1)41-43-34-16-7-6-15-33(34)37(32-22-31-20-19-28-14-9-21-47-45(28)46(31)48-26-32)25-40(43)36-18-8-17-35-38-23-29-12-4-5-13-30(29)24-39(38)44(41)42(35)36/h1-26H. The normalized spacial score (nSPS) is 12.2. The Morgan fingerprint density at radius 2 is 1.02 bits per heavy atom. The zero-order chi connectivity index (χ0) is 31.3. The van der Waals surface area contributed by atoms with Crippen molar-refractivity contribution in [1.82, 2.24) is 9.97 Å². The third-order valence-corrected chi connectivity index (χ3v) is 10.4. The molecule has 2 heteroatoms. The number of nitrogens with zero attached hydrogens (tertiary/aromatic N) is 2. The Kier molecular flexibility index (Phi) is 5.14. The molecule has 10 aromatic rings. The van der Waals surface area contributed by atoms with Gasteiger partial charge in [-0.2, -0.15) is 0 Å². The van der Waals surface area contributed by atoms with E-state index in [0.29, 0.717) is 0 Å². The number of pyridine rings is 2. The predicted octanol–water partition coefficient (Wildman–Crippen LogP) is 12.4. The molecule has 48 heavy (non-hydrogen) atoms. The van der Waals surface area contributed by atoms with Gasteiger partial charge in [-0.1, -0.05) is 115 Å². The van der Waals surface area contributed by atoms with Crippen molar-refractivity contribution in [2.75, 3.05) is 0 Å². The van der Waals surface area contributed by atoms with Crippen molar-refractivity contribution in [3.8, 4) is 44.5 Å². The molecular weight excluding hydrogens is 581 g/mol. The van der Waals surface area contributed by atoms with Gasteiger partial charge in [-0.25, -0.2) is 0 Å². The number of aromatic nitrogens is 2. The Morgan fingerprint density at radius 3 is 1.90 bits per heavy atom. The first kappa shape index (κ1) is 25.8. The van der Waals surface area contributed by atoms with E-state index in [1.165, 1.54) is 82.0 Å². The molecule has 0 N–H and O–H groups in total. The van der Waals surface area contributed by atoms with Gasteiger partial charge in [0, 0.05) is 28.7 Å². The van der Waals surface area contributed by atoms with E-state index >= 15 is 0 Å². The number of benzene rings is 8. The van der Waals surface area contributed by atoms with Gasteiger partial charge in [0.25, 0.3) is 0 Å². The molecule has 0 spiro atoms. The molecule has 1 aliphatic rings. The van der Waals surface area contributed by atoms with Gasteiger partial charge in [-0.05, 0) is 112 Å². The van der Waals surface area contributed by atoms with Gasteiger partial charge in [0.05, 0.1) is 11.0 Å². The quantitative estimate of drug-likeness (QED) is 0.183. The van der Waals surface area contributed by atoms with Crippen LogP contribution in [0.3, 0.4) is 0 Å². The summed E-state index contributed by atoms with van der Waals surface area (Å²) in [6.45, 7) is 0. The maximum absolute atomic E-state index is 5.03. The van der Waals surface area contributed by atoms with Crippen molar-refractivity contribution >= 4 is 64.9 Å². The molecule has 0 fully saturated rings. The Hall–Kier alpha value is -6.38. The molecular formula is C46H26N2. The average molecular weight is 607 g/mol. The van der Waals surface area contributed by atoms with Gasteiger partial charge in [-0.3, -0.25) is 9.97 Å². The highest BCUT2D eigenvalue weighted by molar-refractivity contribution is 6.34. The van der Waals surface area contributed by atoms with Crippen molar-refractivity contribution in [1.29, 1.82) is 0 Å². The van der Waals surface area contributed by atoms with E-state index in [0.717, 1.165) is 27.4 Å². The minimum absolute atomic E-state index is 0.934. The summed E-state index contributed by atoms with van der Waals surface area (Å²) in [5.41, 5.74) is 12.0. The second-order valence-corrected chi connectivity index (χ2v) is 12.9. The molecule has 0 amide bonds. The molecule has 0 atom stereocenters. The summed E-state index contributed by atoms with van der Waals surface area (Å²) < 4.78 is 0. The maximum atomic E-state index is 5.03. The molecule has 0 unspecified atom stereocenters. The first-order chi connectivity index (χ1) is 23.8. The van der Waals surface area contributed by atoms with E-state index in [-0.39, 0.29) is 0 Å². The highest BCUT2D eigenvalue weighted by atomic mass is 14.7. The smallest absolute Gasteiger partial charge is 0.0964 e. The fourth-order valence-electron chi connectivity index (χ4n) is 8.33. The van der Waals surface area contributed by atoms with Crippen LogP contribution in [0.1, 0.15) is 0 Å². The predicted molar refractivity (Wildman–Crippen MR) is 202 cm³/mol. The van der Waals surface area contributed by atoms with E-state index in [4.69, 9.17) is 4.98 Å². The summed E-state index contributed by atoms with van der Waals surface area (Å²) in [5.74, 6) is 0. The molecule has 1 aliphatic carbocycles. The van der Waals surface area contributed by atoms with Crippen LogP contribution in [-0.4, -0.2) is 9.97 Å². The van der Waals surface area contributed by atoms with Crippen LogP contribution in [-0.2, 0) is 0 Å². The van der Waals surface area contributed by atoms with Crippen molar-refractivity contribution in [2.45, 2.75) is 0 Å². The zero-order valence-corrected chi connectivity index (χ0v) is 25.9. The third-order valence-electron chi connectivity index (χ3n) is 10.4. The van der Waals surface area contributed by atoms with Crippen molar-refractivity contribution in [3.63, 3.8) is 0 Å². The largest absolute Gasteiger partial charge is 0.254 e. The van der Waals surface area contributed by atoms with E-state index in [9.17, 15) is 0 Å². The van der Waals surface area contributed by atoms with Crippen molar-refractivity contribution in [3.05, 3.63) is 158 Å². The lowest BCUT2D eigenvalue weighted by molar-refractivity contribution is 1.37. The highest BCUT2D eigenvalue weighted by Crippen LogP contribution is 2.56. The summed E-state index contributed by atoms with van der Waals surface area (Å²) in [7, 11) is 0. The van der Waals surface area contributed by atoms with Crippen LogP contribution in [0.5, 0.6) is 0 Å². The summed E-state index contributed by atoms with van der Waals surface area (Å²) in [6.07, 6.45) is 3.88. The first-order valence-corrected chi connectivity index (χ1v) is 16.5. The Bertz CT molecular complexity index is 2990. The third kappa shape index (κ3) is 3.46. The molecule has 2 heterocycles. The minimum Gasteiger partial charge on any atom is -0.254 e. The molecule has 11 rings (SSSR count). The molecule has 220 valence electrons. The van der Waals surface area contributed by atoms with E-state index < -0.39 is 0 Å². The van der Waals surface area contributed by atoms with Crippen molar-refractivity contribution in [2.24, 2.45) is 0 Å². The Labute approximate surface area is 276 Å². The molecule has 0 bridgehead atoms. The zero-order valence-electron chi connectivity index (χ0n) is 25.9. The van der Waals surface area contributed by atoms with Gasteiger partial charge < -0.3 is 0 Å². The first-order valence-electron chi connectivity index (χ1n) is 16.5. The van der Waals surface area contributed by atoms with E-state index in [1.54, 1.807) is 0 Å². The number of hydrogen-bond acceptors (Lipinski definition) is 2. The molecule has 0 radical (unpaired) electrons. The lowest BCUT2D eigenvalue weighted by atomic mass is 9.83. The van der Waals surface area contributed by atoms with Crippen LogP contribution in [0.4, 0.5) is 0 Å².